The second-order valence-electron chi connectivity index (χ2n) is 3.95. The van der Waals surface area contributed by atoms with E-state index < -0.39 is 5.97 Å². The number of benzene rings is 1. The fraction of sp³-hybridized carbons (Fsp3) is 0. The minimum absolute atomic E-state index is 0.0280. The van der Waals surface area contributed by atoms with Crippen molar-refractivity contribution >= 4 is 28.6 Å². The highest BCUT2D eigenvalue weighted by atomic mass is 32.2. The van der Waals surface area contributed by atoms with Crippen LogP contribution in [0.1, 0.15) is 10.5 Å². The van der Waals surface area contributed by atoms with Gasteiger partial charge < -0.3 is 5.11 Å². The van der Waals surface area contributed by atoms with Gasteiger partial charge in [0.1, 0.15) is 11.4 Å². The number of carboxylic acid groups (broad SMARTS) is 1. The number of carbonyl (C=O) groups is 1. The van der Waals surface area contributed by atoms with Crippen LogP contribution in [0.15, 0.2) is 58.8 Å². The average molecular weight is 283 g/mol. The van der Waals surface area contributed by atoms with Gasteiger partial charge in [-0.3, -0.25) is 0 Å². The van der Waals surface area contributed by atoms with E-state index in [1.165, 1.54) is 24.3 Å². The molecule has 3 rings (SSSR count). The molecular formula is C14H9N3O2S. The van der Waals surface area contributed by atoms with E-state index in [1.807, 2.05) is 24.3 Å². The number of hydrogen-bond donors (Lipinski definition) is 1. The first-order valence-electron chi connectivity index (χ1n) is 5.81. The molecule has 0 fully saturated rings. The van der Waals surface area contributed by atoms with Crippen LogP contribution >= 0.6 is 11.8 Å². The molecule has 0 atom stereocenters. The van der Waals surface area contributed by atoms with Crippen molar-refractivity contribution in [1.29, 1.82) is 0 Å². The van der Waals surface area contributed by atoms with Crippen LogP contribution in [0.5, 0.6) is 0 Å². The molecule has 1 N–H and O–H groups in total. The molecular weight excluding hydrogens is 274 g/mol. The molecule has 0 unspecified atom stereocenters. The Balaban J connectivity index is 2.08. The van der Waals surface area contributed by atoms with E-state index in [2.05, 4.69) is 15.0 Å². The van der Waals surface area contributed by atoms with E-state index in [1.54, 1.807) is 12.1 Å². The molecule has 0 aliphatic heterocycles. The summed E-state index contributed by atoms with van der Waals surface area (Å²) in [6.07, 6.45) is 2.94. The van der Waals surface area contributed by atoms with E-state index in [-0.39, 0.29) is 5.69 Å². The van der Waals surface area contributed by atoms with Gasteiger partial charge in [0.05, 0.1) is 5.52 Å². The number of para-hydroxylation sites is 1. The molecule has 0 saturated heterocycles. The maximum atomic E-state index is 11.2. The summed E-state index contributed by atoms with van der Waals surface area (Å²) in [7, 11) is 0. The van der Waals surface area contributed by atoms with Crippen molar-refractivity contribution in [3.63, 3.8) is 0 Å². The van der Waals surface area contributed by atoms with Gasteiger partial charge in [-0.05, 0) is 18.2 Å². The van der Waals surface area contributed by atoms with Crippen LogP contribution in [0.25, 0.3) is 10.9 Å². The van der Waals surface area contributed by atoms with Crippen molar-refractivity contribution in [3.05, 3.63) is 54.6 Å². The Kier molecular flexibility index (Phi) is 3.30. The van der Waals surface area contributed by atoms with Crippen LogP contribution in [-0.2, 0) is 0 Å². The highest BCUT2D eigenvalue weighted by Gasteiger charge is 2.14. The summed E-state index contributed by atoms with van der Waals surface area (Å²) in [5.41, 5.74) is 0.853. The zero-order chi connectivity index (χ0) is 13.9. The molecule has 0 radical (unpaired) electrons. The lowest BCUT2D eigenvalue weighted by molar-refractivity contribution is 0.0686. The Morgan fingerprint density at radius 1 is 1.05 bits per heavy atom. The zero-order valence-electron chi connectivity index (χ0n) is 10.2. The Labute approximate surface area is 118 Å². The van der Waals surface area contributed by atoms with Gasteiger partial charge in [-0.1, -0.05) is 30.0 Å². The van der Waals surface area contributed by atoms with Gasteiger partial charge in [-0.2, -0.15) is 0 Å². The van der Waals surface area contributed by atoms with Crippen LogP contribution in [-0.4, -0.2) is 26.0 Å². The van der Waals surface area contributed by atoms with Gasteiger partial charge >= 0.3 is 5.97 Å². The first-order chi connectivity index (χ1) is 9.75. The largest absolute Gasteiger partial charge is 0.476 e. The lowest BCUT2D eigenvalue weighted by Crippen LogP contribution is -2.02. The van der Waals surface area contributed by atoms with Gasteiger partial charge in [0.25, 0.3) is 0 Å². The van der Waals surface area contributed by atoms with E-state index in [0.29, 0.717) is 9.92 Å². The average Bonchev–Trinajstić information content (AvgIpc) is 2.48. The maximum Gasteiger partial charge on any atom is 0.355 e. The molecule has 0 bridgehead atoms. The predicted molar refractivity (Wildman–Crippen MR) is 74.9 cm³/mol. The van der Waals surface area contributed by atoms with Gasteiger partial charge in [0, 0.05) is 16.5 Å². The van der Waals surface area contributed by atoms with Gasteiger partial charge in [0.15, 0.2) is 5.69 Å². The van der Waals surface area contributed by atoms with Crippen molar-refractivity contribution in [1.82, 2.24) is 15.0 Å². The summed E-state index contributed by atoms with van der Waals surface area (Å²) < 4.78 is 0. The van der Waals surface area contributed by atoms with Crippen LogP contribution in [0.4, 0.5) is 0 Å². The number of nitrogens with zero attached hydrogens (tertiary/aromatic N) is 3. The molecule has 0 aliphatic carbocycles. The number of rotatable bonds is 3. The fourth-order valence-corrected chi connectivity index (χ4v) is 2.77. The van der Waals surface area contributed by atoms with E-state index in [4.69, 9.17) is 5.11 Å². The van der Waals surface area contributed by atoms with Crippen molar-refractivity contribution in [2.24, 2.45) is 0 Å². The molecule has 1 aromatic carbocycles. The van der Waals surface area contributed by atoms with Gasteiger partial charge in [0.2, 0.25) is 0 Å². The molecule has 3 aromatic rings. The van der Waals surface area contributed by atoms with Crippen LogP contribution in [0, 0.1) is 0 Å². The summed E-state index contributed by atoms with van der Waals surface area (Å²) in [4.78, 5) is 24.0. The second kappa shape index (κ2) is 5.26. The lowest BCUT2D eigenvalue weighted by Gasteiger charge is -2.06. The summed E-state index contributed by atoms with van der Waals surface area (Å²) >= 11 is 1.28. The van der Waals surface area contributed by atoms with Crippen molar-refractivity contribution in [3.8, 4) is 0 Å². The number of aromatic nitrogens is 3. The fourth-order valence-electron chi connectivity index (χ4n) is 1.80. The monoisotopic (exact) mass is 283 g/mol. The molecule has 2 aromatic heterocycles. The topological polar surface area (TPSA) is 76.0 Å². The number of fused-ring (bicyclic) bond motifs is 1. The first-order valence-corrected chi connectivity index (χ1v) is 6.63. The second-order valence-corrected chi connectivity index (χ2v) is 4.98. The molecule has 2 heterocycles. The Hall–Kier alpha value is -2.47. The molecule has 0 aliphatic rings. The minimum Gasteiger partial charge on any atom is -0.476 e. The van der Waals surface area contributed by atoms with Crippen LogP contribution in [0.3, 0.4) is 0 Å². The van der Waals surface area contributed by atoms with Crippen LogP contribution in [0.2, 0.25) is 0 Å². The van der Waals surface area contributed by atoms with Crippen LogP contribution < -0.4 is 0 Å². The Morgan fingerprint density at radius 3 is 2.75 bits per heavy atom. The molecule has 0 saturated carbocycles. The predicted octanol–water partition coefficient (Wildman–Crippen LogP) is 2.87. The normalized spacial score (nSPS) is 10.6. The van der Waals surface area contributed by atoms with E-state index in [9.17, 15) is 4.79 Å². The third-order valence-corrected chi connectivity index (χ3v) is 3.75. The summed E-state index contributed by atoms with van der Waals surface area (Å²) in [5, 5.41) is 10.8. The van der Waals surface area contributed by atoms with Gasteiger partial charge in [-0.15, -0.1) is 0 Å². The van der Waals surface area contributed by atoms with Gasteiger partial charge in [-0.25, -0.2) is 19.7 Å². The highest BCUT2D eigenvalue weighted by molar-refractivity contribution is 7.99. The Morgan fingerprint density at radius 2 is 1.90 bits per heavy atom. The van der Waals surface area contributed by atoms with Crippen molar-refractivity contribution < 1.29 is 9.90 Å². The summed E-state index contributed by atoms with van der Waals surface area (Å²) in [5.74, 6) is -1.05. The SMILES string of the molecule is O=C(O)c1ncccc1Sc1ncnc2ccccc12. The molecule has 98 valence electrons. The Bertz CT molecular complexity index is 787. The zero-order valence-corrected chi connectivity index (χ0v) is 11.0. The lowest BCUT2D eigenvalue weighted by atomic mass is 10.2. The molecule has 6 heteroatoms. The standard InChI is InChI=1S/C14H9N3O2S/c18-14(19)12-11(6-3-7-15-12)20-13-9-4-1-2-5-10(9)16-8-17-13/h1-8H,(H,18,19). The van der Waals surface area contributed by atoms with Crippen molar-refractivity contribution in [2.45, 2.75) is 9.92 Å². The summed E-state index contributed by atoms with van der Waals surface area (Å²) in [6.45, 7) is 0. The molecule has 0 amide bonds. The molecule has 20 heavy (non-hydrogen) atoms. The maximum absolute atomic E-state index is 11.2. The van der Waals surface area contributed by atoms with E-state index in [0.717, 1.165) is 10.9 Å². The third-order valence-electron chi connectivity index (χ3n) is 2.69. The minimum atomic E-state index is -1.05. The first kappa shape index (κ1) is 12.6. The third kappa shape index (κ3) is 2.33. The molecule has 5 nitrogen and oxygen atoms in total. The highest BCUT2D eigenvalue weighted by Crippen LogP contribution is 2.32. The van der Waals surface area contributed by atoms with E-state index >= 15 is 0 Å². The summed E-state index contributed by atoms with van der Waals surface area (Å²) in [6, 6.07) is 11.0. The number of aromatic carboxylic acids is 1. The van der Waals surface area contributed by atoms with Crippen molar-refractivity contribution in [2.75, 3.05) is 0 Å². The number of hydrogen-bond acceptors (Lipinski definition) is 5. The number of pyridine rings is 1. The quantitative estimate of drug-likeness (QED) is 0.745. The smallest absolute Gasteiger partial charge is 0.355 e. The molecule has 0 spiro atoms. The number of carboxylic acids is 1.